The molecule has 5 nitrogen and oxygen atoms in total. The molecule has 29 heavy (non-hydrogen) atoms. The lowest BCUT2D eigenvalue weighted by molar-refractivity contribution is 0.177. The van der Waals surface area contributed by atoms with Crippen LogP contribution < -0.4 is 5.19 Å². The smallest absolute Gasteiger partial charge is 0.265 e. The Hall–Kier alpha value is -0.806. The van der Waals surface area contributed by atoms with E-state index in [4.69, 9.17) is 4.43 Å². The predicted octanol–water partition coefficient (Wildman–Crippen LogP) is 1.71. The van der Waals surface area contributed by atoms with Gasteiger partial charge in [0.1, 0.15) is 0 Å². The van der Waals surface area contributed by atoms with E-state index < -0.39 is 16.7 Å². The zero-order valence-electron chi connectivity index (χ0n) is 19.1. The fourth-order valence-corrected chi connectivity index (χ4v) is 12.2. The van der Waals surface area contributed by atoms with Gasteiger partial charge in [0, 0.05) is 59.0 Å². The summed E-state index contributed by atoms with van der Waals surface area (Å²) in [6.07, 6.45) is 0. The van der Waals surface area contributed by atoms with Gasteiger partial charge in [-0.2, -0.15) is 0 Å². The van der Waals surface area contributed by atoms with Gasteiger partial charge in [-0.3, -0.25) is 0 Å². The van der Waals surface area contributed by atoms with E-state index in [1.165, 1.54) is 5.19 Å². The van der Waals surface area contributed by atoms with E-state index in [1.807, 2.05) is 0 Å². The van der Waals surface area contributed by atoms with Gasteiger partial charge in [0.15, 0.2) is 0 Å². The number of piperazine rings is 2. The number of rotatable bonds is 7. The lowest BCUT2D eigenvalue weighted by atomic mass is 10.4. The maximum Gasteiger partial charge on any atom is 0.265 e. The molecule has 0 amide bonds. The highest BCUT2D eigenvalue weighted by atomic mass is 28.4. The largest absolute Gasteiger partial charge is 0.414 e. The topological polar surface area (TPSA) is 22.2 Å². The van der Waals surface area contributed by atoms with Crippen molar-refractivity contribution in [1.29, 1.82) is 0 Å². The molecule has 2 fully saturated rings. The van der Waals surface area contributed by atoms with E-state index in [1.54, 1.807) is 0 Å². The third-order valence-corrected chi connectivity index (χ3v) is 13.4. The Bertz CT molecular complexity index is 632. The molecule has 0 aliphatic carbocycles. The quantitative estimate of drug-likeness (QED) is 0.610. The fraction of sp³-hybridized carbons (Fsp3) is 0.636. The molecule has 0 aromatic heterocycles. The Labute approximate surface area is 180 Å². The maximum atomic E-state index is 6.19. The molecule has 0 saturated carbocycles. The third kappa shape index (κ3) is 5.47. The molecule has 0 unspecified atom stereocenters. The first kappa shape index (κ1) is 22.9. The number of benzene rings is 1. The van der Waals surface area contributed by atoms with E-state index in [2.05, 4.69) is 94.8 Å². The summed E-state index contributed by atoms with van der Waals surface area (Å²) in [6, 6.07) is 11.4. The van der Waals surface area contributed by atoms with Crippen molar-refractivity contribution in [3.05, 3.63) is 41.7 Å². The van der Waals surface area contributed by atoms with Gasteiger partial charge in [0.2, 0.25) is 8.32 Å². The second-order valence-corrected chi connectivity index (χ2v) is 16.5. The summed E-state index contributed by atoms with van der Waals surface area (Å²) in [6.45, 7) is 16.7. The van der Waals surface area contributed by atoms with Crippen LogP contribution in [0.5, 0.6) is 0 Å². The van der Waals surface area contributed by atoms with E-state index in [0.29, 0.717) is 0 Å². The standard InChI is InChI=1S/C22H40N4OSi2/c1-6-27-28(4,5)20-21-29(22-10-8-7-9-11-22,25-16-12-23(2)13-17-25)26-18-14-24(3)15-19-26/h7-11,20-21H,6,12-19H2,1-5H3. The summed E-state index contributed by atoms with van der Waals surface area (Å²) in [7, 11) is 0.499. The minimum Gasteiger partial charge on any atom is -0.414 e. The van der Waals surface area contributed by atoms with Crippen LogP contribution in [0.15, 0.2) is 41.7 Å². The lowest BCUT2D eigenvalue weighted by Crippen LogP contribution is -2.76. The summed E-state index contributed by atoms with van der Waals surface area (Å²) in [5.74, 6) is 0. The molecule has 1 aromatic rings. The van der Waals surface area contributed by atoms with Gasteiger partial charge in [-0.05, 0) is 39.3 Å². The SMILES string of the molecule is CCO[Si](C)(C)C=C[Si](c1ccccc1)(N1CCN(C)CC1)N1CCN(C)CC1. The number of hydrogen-bond acceptors (Lipinski definition) is 5. The average Bonchev–Trinajstić information content (AvgIpc) is 2.71. The Balaban J connectivity index is 2.06. The molecule has 0 spiro atoms. The Kier molecular flexibility index (Phi) is 7.89. The van der Waals surface area contributed by atoms with Gasteiger partial charge in [-0.1, -0.05) is 41.7 Å². The van der Waals surface area contributed by atoms with Crippen LogP contribution in [0.3, 0.4) is 0 Å². The minimum atomic E-state index is -2.18. The van der Waals surface area contributed by atoms with Crippen LogP contribution in [0.4, 0.5) is 0 Å². The van der Waals surface area contributed by atoms with Gasteiger partial charge in [-0.25, -0.2) is 0 Å². The number of hydrogen-bond donors (Lipinski definition) is 0. The van der Waals surface area contributed by atoms with Crippen molar-refractivity contribution in [3.63, 3.8) is 0 Å². The molecule has 0 N–H and O–H groups in total. The molecule has 1 aromatic carbocycles. The van der Waals surface area contributed by atoms with Crippen molar-refractivity contribution >= 4 is 21.9 Å². The van der Waals surface area contributed by atoms with Crippen LogP contribution >= 0.6 is 0 Å². The van der Waals surface area contributed by atoms with Gasteiger partial charge in [0.05, 0.1) is 0 Å². The third-order valence-electron chi connectivity index (χ3n) is 6.40. The molecular formula is C22H40N4OSi2. The molecule has 2 aliphatic heterocycles. The Morgan fingerprint density at radius 2 is 1.28 bits per heavy atom. The van der Waals surface area contributed by atoms with Crippen molar-refractivity contribution < 1.29 is 4.43 Å². The van der Waals surface area contributed by atoms with Crippen LogP contribution in [0.2, 0.25) is 13.1 Å². The summed E-state index contributed by atoms with van der Waals surface area (Å²) in [4.78, 5) is 4.93. The minimum absolute atomic E-state index is 0.798. The lowest BCUT2D eigenvalue weighted by Gasteiger charge is -2.52. The van der Waals surface area contributed by atoms with E-state index in [-0.39, 0.29) is 0 Å². The Morgan fingerprint density at radius 3 is 1.72 bits per heavy atom. The highest BCUT2D eigenvalue weighted by molar-refractivity contribution is 6.93. The highest BCUT2D eigenvalue weighted by Crippen LogP contribution is 2.23. The van der Waals surface area contributed by atoms with Gasteiger partial charge < -0.3 is 23.4 Å². The zero-order chi connectivity index (χ0) is 20.9. The molecule has 0 bridgehead atoms. The molecule has 162 valence electrons. The van der Waals surface area contributed by atoms with Crippen LogP contribution in [-0.2, 0) is 4.43 Å². The summed E-state index contributed by atoms with van der Waals surface area (Å²) in [5.41, 5.74) is 5.13. The van der Waals surface area contributed by atoms with Crippen molar-refractivity contribution in [1.82, 2.24) is 18.9 Å². The van der Waals surface area contributed by atoms with Crippen molar-refractivity contribution in [2.75, 3.05) is 73.1 Å². The average molecular weight is 433 g/mol. The van der Waals surface area contributed by atoms with Gasteiger partial charge >= 0.3 is 0 Å². The summed E-state index contributed by atoms with van der Waals surface area (Å²) < 4.78 is 11.9. The Morgan fingerprint density at radius 1 is 0.793 bits per heavy atom. The molecular weight excluding hydrogens is 392 g/mol. The van der Waals surface area contributed by atoms with E-state index in [9.17, 15) is 0 Å². The van der Waals surface area contributed by atoms with Crippen LogP contribution in [0.25, 0.3) is 0 Å². The van der Waals surface area contributed by atoms with Crippen molar-refractivity contribution in [2.45, 2.75) is 20.0 Å². The van der Waals surface area contributed by atoms with Gasteiger partial charge in [0.25, 0.3) is 8.40 Å². The number of nitrogens with zero attached hydrogens (tertiary/aromatic N) is 4. The van der Waals surface area contributed by atoms with Gasteiger partial charge in [-0.15, -0.1) is 0 Å². The van der Waals surface area contributed by atoms with Crippen LogP contribution in [0, 0.1) is 0 Å². The summed E-state index contributed by atoms with van der Waals surface area (Å²) >= 11 is 0. The van der Waals surface area contributed by atoms with E-state index >= 15 is 0 Å². The molecule has 2 heterocycles. The summed E-state index contributed by atoms with van der Waals surface area (Å²) in [5, 5.41) is 1.52. The molecule has 2 aliphatic rings. The molecule has 2 saturated heterocycles. The van der Waals surface area contributed by atoms with Crippen molar-refractivity contribution in [3.8, 4) is 0 Å². The normalized spacial score (nSPS) is 21.8. The first-order valence-corrected chi connectivity index (χ1v) is 16.1. The van der Waals surface area contributed by atoms with Crippen LogP contribution in [0.1, 0.15) is 6.92 Å². The van der Waals surface area contributed by atoms with E-state index in [0.717, 1.165) is 59.0 Å². The molecule has 3 rings (SSSR count). The first-order valence-electron chi connectivity index (χ1n) is 11.1. The highest BCUT2D eigenvalue weighted by Gasteiger charge is 2.47. The molecule has 7 heteroatoms. The zero-order valence-corrected chi connectivity index (χ0v) is 21.1. The molecule has 0 atom stereocenters. The number of likely N-dealkylation sites (N-methyl/N-ethyl adjacent to an activating group) is 2. The second-order valence-electron chi connectivity index (χ2n) is 9.04. The first-order chi connectivity index (χ1) is 13.9. The maximum absolute atomic E-state index is 6.19. The monoisotopic (exact) mass is 432 g/mol. The fourth-order valence-electron chi connectivity index (χ4n) is 4.59. The van der Waals surface area contributed by atoms with Crippen molar-refractivity contribution in [2.24, 2.45) is 0 Å². The predicted molar refractivity (Wildman–Crippen MR) is 128 cm³/mol. The van der Waals surface area contributed by atoms with Crippen LogP contribution in [-0.4, -0.2) is 109 Å². The second kappa shape index (κ2) is 10.0. The molecule has 0 radical (unpaired) electrons.